The minimum atomic E-state index is 0.890. The Labute approximate surface area is 79.2 Å². The topological polar surface area (TPSA) is 21.3 Å². The van der Waals surface area contributed by atoms with Gasteiger partial charge < -0.3 is 10.1 Å². The summed E-state index contributed by atoms with van der Waals surface area (Å²) in [4.78, 5) is 0. The van der Waals surface area contributed by atoms with Crippen molar-refractivity contribution in [3.05, 3.63) is 35.5 Å². The van der Waals surface area contributed by atoms with E-state index in [4.69, 9.17) is 4.74 Å². The second-order valence-corrected chi connectivity index (χ2v) is 2.84. The Kier molecular flexibility index (Phi) is 3.38. The molecule has 2 heteroatoms. The van der Waals surface area contributed by atoms with E-state index in [-0.39, 0.29) is 0 Å². The maximum atomic E-state index is 5.14. The molecule has 2 nitrogen and oxygen atoms in total. The molecule has 70 valence electrons. The van der Waals surface area contributed by atoms with Crippen molar-refractivity contribution in [1.29, 1.82) is 0 Å². The fraction of sp³-hybridized carbons (Fsp3) is 0.273. The van der Waals surface area contributed by atoms with Crippen LogP contribution in [0.1, 0.15) is 11.1 Å². The highest BCUT2D eigenvalue weighted by molar-refractivity contribution is 5.55. The maximum absolute atomic E-state index is 5.14. The summed E-state index contributed by atoms with van der Waals surface area (Å²) in [5.74, 6) is 0.890. The van der Waals surface area contributed by atoms with Gasteiger partial charge in [-0.2, -0.15) is 0 Å². The van der Waals surface area contributed by atoms with E-state index >= 15 is 0 Å². The first-order valence-corrected chi connectivity index (χ1v) is 4.26. The highest BCUT2D eigenvalue weighted by atomic mass is 16.5. The molecule has 0 aliphatic carbocycles. The van der Waals surface area contributed by atoms with Gasteiger partial charge in [-0.25, -0.2) is 0 Å². The Hall–Kier alpha value is -1.44. The first kappa shape index (κ1) is 9.65. The van der Waals surface area contributed by atoms with Gasteiger partial charge in [0, 0.05) is 7.05 Å². The Bertz CT molecular complexity index is 305. The average Bonchev–Trinajstić information content (AvgIpc) is 2.17. The zero-order chi connectivity index (χ0) is 9.68. The molecule has 1 aromatic carbocycles. The molecule has 0 radical (unpaired) electrons. The molecule has 0 spiro atoms. The van der Waals surface area contributed by atoms with Crippen molar-refractivity contribution in [2.75, 3.05) is 14.2 Å². The van der Waals surface area contributed by atoms with Gasteiger partial charge in [-0.1, -0.05) is 6.07 Å². The lowest BCUT2D eigenvalue weighted by Gasteiger charge is -2.03. The lowest BCUT2D eigenvalue weighted by atomic mass is 10.1. The molecule has 0 fully saturated rings. The second kappa shape index (κ2) is 4.55. The third-order valence-corrected chi connectivity index (χ3v) is 1.92. The fourth-order valence-electron chi connectivity index (χ4n) is 1.10. The highest BCUT2D eigenvalue weighted by Crippen LogP contribution is 2.17. The van der Waals surface area contributed by atoms with Gasteiger partial charge in [0.25, 0.3) is 0 Å². The van der Waals surface area contributed by atoms with Crippen LogP contribution < -0.4 is 10.1 Å². The lowest BCUT2D eigenvalue weighted by molar-refractivity contribution is 0.414. The van der Waals surface area contributed by atoms with Crippen molar-refractivity contribution in [2.24, 2.45) is 0 Å². The summed E-state index contributed by atoms with van der Waals surface area (Å²) >= 11 is 0. The number of benzene rings is 1. The minimum absolute atomic E-state index is 0.890. The standard InChI is InChI=1S/C11H15NO/c1-9-4-5-11(13-3)8-10(9)6-7-12-2/h4-8,12H,1-3H3/b7-6-. The van der Waals surface area contributed by atoms with Gasteiger partial charge in [0.15, 0.2) is 0 Å². The van der Waals surface area contributed by atoms with Crippen molar-refractivity contribution in [3.63, 3.8) is 0 Å². The largest absolute Gasteiger partial charge is 0.497 e. The molecule has 1 rings (SSSR count). The van der Waals surface area contributed by atoms with Crippen LogP contribution in [0.4, 0.5) is 0 Å². The van der Waals surface area contributed by atoms with Crippen LogP contribution in [0.2, 0.25) is 0 Å². The molecule has 0 amide bonds. The average molecular weight is 177 g/mol. The molecular formula is C11H15NO. The summed E-state index contributed by atoms with van der Waals surface area (Å²) in [7, 11) is 3.56. The second-order valence-electron chi connectivity index (χ2n) is 2.84. The molecule has 0 saturated carbocycles. The smallest absolute Gasteiger partial charge is 0.119 e. The summed E-state index contributed by atoms with van der Waals surface area (Å²) in [6.07, 6.45) is 3.93. The molecule has 1 aromatic rings. The van der Waals surface area contributed by atoms with Crippen molar-refractivity contribution in [3.8, 4) is 5.75 Å². The SMILES string of the molecule is CN/C=C\c1cc(OC)ccc1C. The first-order valence-electron chi connectivity index (χ1n) is 4.26. The first-order chi connectivity index (χ1) is 6.27. The van der Waals surface area contributed by atoms with E-state index < -0.39 is 0 Å². The van der Waals surface area contributed by atoms with Gasteiger partial charge >= 0.3 is 0 Å². The van der Waals surface area contributed by atoms with E-state index in [9.17, 15) is 0 Å². The van der Waals surface area contributed by atoms with Crippen molar-refractivity contribution >= 4 is 6.08 Å². The van der Waals surface area contributed by atoms with Gasteiger partial charge in [0.2, 0.25) is 0 Å². The molecular weight excluding hydrogens is 162 g/mol. The predicted molar refractivity (Wildman–Crippen MR) is 55.8 cm³/mol. The third-order valence-electron chi connectivity index (χ3n) is 1.92. The number of hydrogen-bond acceptors (Lipinski definition) is 2. The molecule has 0 aromatic heterocycles. The summed E-state index contributed by atoms with van der Waals surface area (Å²) in [5.41, 5.74) is 2.42. The van der Waals surface area contributed by atoms with E-state index in [1.165, 1.54) is 11.1 Å². The summed E-state index contributed by atoms with van der Waals surface area (Å²) in [6, 6.07) is 6.03. The van der Waals surface area contributed by atoms with Crippen molar-refractivity contribution in [1.82, 2.24) is 5.32 Å². The van der Waals surface area contributed by atoms with E-state index in [1.54, 1.807) is 7.11 Å². The number of methoxy groups -OCH3 is 1. The van der Waals surface area contributed by atoms with Gasteiger partial charge in [-0.15, -0.1) is 0 Å². The fourth-order valence-corrected chi connectivity index (χ4v) is 1.10. The Balaban J connectivity index is 2.97. The van der Waals surface area contributed by atoms with Crippen LogP contribution in [0.3, 0.4) is 0 Å². The molecule has 0 heterocycles. The van der Waals surface area contributed by atoms with Gasteiger partial charge in [0.05, 0.1) is 7.11 Å². The quantitative estimate of drug-likeness (QED) is 0.764. The monoisotopic (exact) mass is 177 g/mol. The van der Waals surface area contributed by atoms with Gasteiger partial charge in [-0.05, 0) is 42.5 Å². The normalized spacial score (nSPS) is 10.4. The molecule has 0 aliphatic rings. The van der Waals surface area contributed by atoms with Crippen molar-refractivity contribution in [2.45, 2.75) is 6.92 Å². The molecule has 0 atom stereocenters. The van der Waals surface area contributed by atoms with E-state index in [0.717, 1.165) is 5.75 Å². The van der Waals surface area contributed by atoms with Gasteiger partial charge in [-0.3, -0.25) is 0 Å². The Morgan fingerprint density at radius 2 is 2.15 bits per heavy atom. The number of rotatable bonds is 3. The summed E-state index contributed by atoms with van der Waals surface area (Å²) in [5, 5.41) is 2.96. The highest BCUT2D eigenvalue weighted by Gasteiger charge is 1.96. The number of aryl methyl sites for hydroxylation is 1. The number of nitrogens with one attached hydrogen (secondary N) is 1. The zero-order valence-electron chi connectivity index (χ0n) is 8.29. The maximum Gasteiger partial charge on any atom is 0.119 e. The zero-order valence-corrected chi connectivity index (χ0v) is 8.29. The van der Waals surface area contributed by atoms with E-state index in [1.807, 2.05) is 37.5 Å². The van der Waals surface area contributed by atoms with E-state index in [0.29, 0.717) is 0 Å². The predicted octanol–water partition coefficient (Wildman–Crippen LogP) is 2.19. The van der Waals surface area contributed by atoms with Gasteiger partial charge in [0.1, 0.15) is 5.75 Å². The Morgan fingerprint density at radius 3 is 2.77 bits per heavy atom. The molecule has 0 aliphatic heterocycles. The van der Waals surface area contributed by atoms with Crippen LogP contribution in [0.15, 0.2) is 24.4 Å². The molecule has 0 saturated heterocycles. The van der Waals surface area contributed by atoms with Crippen LogP contribution in [0.5, 0.6) is 5.75 Å². The molecule has 13 heavy (non-hydrogen) atoms. The van der Waals surface area contributed by atoms with Crippen LogP contribution in [-0.4, -0.2) is 14.2 Å². The van der Waals surface area contributed by atoms with Crippen LogP contribution in [0.25, 0.3) is 6.08 Å². The molecule has 0 unspecified atom stereocenters. The molecule has 1 N–H and O–H groups in total. The van der Waals surface area contributed by atoms with Crippen molar-refractivity contribution < 1.29 is 4.74 Å². The Morgan fingerprint density at radius 1 is 1.38 bits per heavy atom. The van der Waals surface area contributed by atoms with E-state index in [2.05, 4.69) is 12.2 Å². The van der Waals surface area contributed by atoms with Crippen LogP contribution >= 0.6 is 0 Å². The number of hydrogen-bond donors (Lipinski definition) is 1. The summed E-state index contributed by atoms with van der Waals surface area (Å²) in [6.45, 7) is 2.08. The summed E-state index contributed by atoms with van der Waals surface area (Å²) < 4.78 is 5.14. The minimum Gasteiger partial charge on any atom is -0.497 e. The third kappa shape index (κ3) is 2.51. The van der Waals surface area contributed by atoms with Crippen LogP contribution in [-0.2, 0) is 0 Å². The molecule has 0 bridgehead atoms. The number of ether oxygens (including phenoxy) is 1. The lowest BCUT2D eigenvalue weighted by Crippen LogP contribution is -1.92. The van der Waals surface area contributed by atoms with Crippen LogP contribution in [0, 0.1) is 6.92 Å².